The van der Waals surface area contributed by atoms with Gasteiger partial charge in [0.2, 0.25) is 0 Å². The van der Waals surface area contributed by atoms with E-state index in [0.29, 0.717) is 24.7 Å². The monoisotopic (exact) mass is 386 g/mol. The van der Waals surface area contributed by atoms with Crippen LogP contribution in [0.1, 0.15) is 28.5 Å². The molecule has 4 rings (SSSR count). The molecule has 146 valence electrons. The van der Waals surface area contributed by atoms with Crippen molar-refractivity contribution in [3.05, 3.63) is 89.7 Å². The highest BCUT2D eigenvalue weighted by Crippen LogP contribution is 2.28. The topological polar surface area (TPSA) is 53.4 Å². The summed E-state index contributed by atoms with van der Waals surface area (Å²) >= 11 is 0. The predicted octanol–water partition coefficient (Wildman–Crippen LogP) is 5.09. The maximum Gasteiger partial charge on any atom is 0.355 e. The molecule has 0 aliphatic rings. The van der Waals surface area contributed by atoms with Gasteiger partial charge in [-0.2, -0.15) is 0 Å². The van der Waals surface area contributed by atoms with E-state index < -0.39 is 0 Å². The van der Waals surface area contributed by atoms with Crippen LogP contribution in [0.25, 0.3) is 16.7 Å². The third-order valence-electron chi connectivity index (χ3n) is 4.63. The van der Waals surface area contributed by atoms with Crippen molar-refractivity contribution < 1.29 is 14.3 Å². The van der Waals surface area contributed by atoms with Gasteiger partial charge >= 0.3 is 5.97 Å². The first-order valence-electron chi connectivity index (χ1n) is 9.58. The Morgan fingerprint density at radius 1 is 1.03 bits per heavy atom. The summed E-state index contributed by atoms with van der Waals surface area (Å²) in [5.41, 5.74) is 3.47. The van der Waals surface area contributed by atoms with Crippen LogP contribution in [0.4, 0.5) is 0 Å². The lowest BCUT2D eigenvalue weighted by Crippen LogP contribution is -2.11. The highest BCUT2D eigenvalue weighted by molar-refractivity contribution is 5.97. The molecule has 0 spiro atoms. The first-order chi connectivity index (χ1) is 14.2. The van der Waals surface area contributed by atoms with Gasteiger partial charge in [-0.1, -0.05) is 36.4 Å². The quantitative estimate of drug-likeness (QED) is 0.433. The Labute approximate surface area is 169 Å². The summed E-state index contributed by atoms with van der Waals surface area (Å²) in [7, 11) is 0. The van der Waals surface area contributed by atoms with Crippen LogP contribution in [0.15, 0.2) is 72.9 Å². The van der Waals surface area contributed by atoms with E-state index in [4.69, 9.17) is 9.47 Å². The van der Waals surface area contributed by atoms with E-state index in [1.165, 1.54) is 0 Å². The molecule has 29 heavy (non-hydrogen) atoms. The number of rotatable bonds is 6. The summed E-state index contributed by atoms with van der Waals surface area (Å²) in [5.74, 6) is 1.04. The number of fused-ring (bicyclic) bond motifs is 1. The summed E-state index contributed by atoms with van der Waals surface area (Å²) in [6, 6.07) is 21.5. The average molecular weight is 386 g/mol. The van der Waals surface area contributed by atoms with Crippen molar-refractivity contribution in [3.8, 4) is 11.6 Å². The smallest absolute Gasteiger partial charge is 0.355 e. The molecular weight excluding hydrogens is 364 g/mol. The van der Waals surface area contributed by atoms with Crippen molar-refractivity contribution in [1.29, 1.82) is 0 Å². The first kappa shape index (κ1) is 18.7. The van der Waals surface area contributed by atoms with Gasteiger partial charge in [-0.25, -0.2) is 9.78 Å². The molecule has 5 heteroatoms. The molecule has 0 aliphatic heterocycles. The Kier molecular flexibility index (Phi) is 5.29. The maximum absolute atomic E-state index is 12.6. The predicted molar refractivity (Wildman–Crippen MR) is 113 cm³/mol. The second kappa shape index (κ2) is 8.19. The molecule has 2 aromatic carbocycles. The number of pyridine rings is 1. The van der Waals surface area contributed by atoms with E-state index in [9.17, 15) is 4.79 Å². The van der Waals surface area contributed by atoms with Crippen LogP contribution in [0, 0.1) is 6.92 Å². The molecule has 0 unspecified atom stereocenters. The van der Waals surface area contributed by atoms with Gasteiger partial charge in [-0.05, 0) is 55.3 Å². The third kappa shape index (κ3) is 3.99. The lowest BCUT2D eigenvalue weighted by atomic mass is 10.2. The summed E-state index contributed by atoms with van der Waals surface area (Å²) in [4.78, 5) is 17.1. The number of ether oxygens (including phenoxy) is 2. The molecule has 0 saturated carbocycles. The first-order valence-corrected chi connectivity index (χ1v) is 9.58. The summed E-state index contributed by atoms with van der Waals surface area (Å²) < 4.78 is 13.0. The van der Waals surface area contributed by atoms with Gasteiger partial charge in [-0.3, -0.25) is 4.57 Å². The molecule has 5 nitrogen and oxygen atoms in total. The van der Waals surface area contributed by atoms with Crippen molar-refractivity contribution in [2.24, 2.45) is 0 Å². The normalized spacial score (nSPS) is 10.8. The number of aromatic nitrogens is 2. The Morgan fingerprint density at radius 2 is 1.86 bits per heavy atom. The molecule has 4 aromatic rings. The minimum Gasteiger partial charge on any atom is -0.489 e. The van der Waals surface area contributed by atoms with Gasteiger partial charge in [-0.15, -0.1) is 0 Å². The van der Waals surface area contributed by atoms with Gasteiger partial charge in [0.15, 0.2) is 0 Å². The van der Waals surface area contributed by atoms with Crippen molar-refractivity contribution in [1.82, 2.24) is 9.55 Å². The SMILES string of the molecule is CCOC(=O)c1cc2cc(OCc3ccccc3)ccc2n1-c1ccc(C)cn1. The Morgan fingerprint density at radius 3 is 2.59 bits per heavy atom. The van der Waals surface area contributed by atoms with Crippen LogP contribution in [0.2, 0.25) is 0 Å². The average Bonchev–Trinajstić information content (AvgIpc) is 3.13. The number of aryl methyl sites for hydroxylation is 1. The molecule has 2 heterocycles. The van der Waals surface area contributed by atoms with Crippen LogP contribution in [0.5, 0.6) is 5.75 Å². The number of hydrogen-bond acceptors (Lipinski definition) is 4. The number of carbonyl (C=O) groups excluding carboxylic acids is 1. The Balaban J connectivity index is 1.73. The van der Waals surface area contributed by atoms with Crippen LogP contribution in [0.3, 0.4) is 0 Å². The van der Waals surface area contributed by atoms with E-state index in [0.717, 1.165) is 27.8 Å². The molecule has 0 radical (unpaired) electrons. The standard InChI is InChI=1S/C24H22N2O3/c1-3-28-24(27)22-14-19-13-20(29-16-18-7-5-4-6-8-18)10-11-21(19)26(22)23-12-9-17(2)15-25-23/h4-15H,3,16H2,1-2H3. The molecule has 0 atom stereocenters. The van der Waals surface area contributed by atoms with E-state index in [1.807, 2.05) is 78.2 Å². The zero-order valence-electron chi connectivity index (χ0n) is 16.5. The zero-order chi connectivity index (χ0) is 20.2. The minimum atomic E-state index is -0.377. The third-order valence-corrected chi connectivity index (χ3v) is 4.63. The van der Waals surface area contributed by atoms with Gasteiger partial charge in [0.1, 0.15) is 23.9 Å². The number of benzene rings is 2. The van der Waals surface area contributed by atoms with Crippen LogP contribution in [-0.2, 0) is 11.3 Å². The molecule has 0 bridgehead atoms. The fraction of sp³-hybridized carbons (Fsp3) is 0.167. The molecule has 0 N–H and O–H groups in total. The Bertz CT molecular complexity index is 1130. The second-order valence-electron chi connectivity index (χ2n) is 6.77. The van der Waals surface area contributed by atoms with E-state index in [2.05, 4.69) is 4.98 Å². The largest absolute Gasteiger partial charge is 0.489 e. The van der Waals surface area contributed by atoms with Crippen molar-refractivity contribution in [3.63, 3.8) is 0 Å². The van der Waals surface area contributed by atoms with Crippen LogP contribution >= 0.6 is 0 Å². The minimum absolute atomic E-state index is 0.313. The number of esters is 1. The molecule has 0 fully saturated rings. The fourth-order valence-electron chi connectivity index (χ4n) is 3.22. The lowest BCUT2D eigenvalue weighted by Gasteiger charge is -2.10. The summed E-state index contributed by atoms with van der Waals surface area (Å²) in [5, 5.41) is 0.890. The Hall–Kier alpha value is -3.60. The lowest BCUT2D eigenvalue weighted by molar-refractivity contribution is 0.0517. The second-order valence-corrected chi connectivity index (χ2v) is 6.77. The van der Waals surface area contributed by atoms with Crippen molar-refractivity contribution in [2.75, 3.05) is 6.61 Å². The van der Waals surface area contributed by atoms with Crippen LogP contribution in [-0.4, -0.2) is 22.1 Å². The summed E-state index contributed by atoms with van der Waals surface area (Å²) in [6.07, 6.45) is 1.79. The van der Waals surface area contributed by atoms with E-state index in [1.54, 1.807) is 13.1 Å². The molecule has 2 aromatic heterocycles. The summed E-state index contributed by atoms with van der Waals surface area (Å²) in [6.45, 7) is 4.57. The van der Waals surface area contributed by atoms with Gasteiger partial charge in [0, 0.05) is 11.6 Å². The number of carbonyl (C=O) groups is 1. The molecule has 0 amide bonds. The van der Waals surface area contributed by atoms with Crippen molar-refractivity contribution >= 4 is 16.9 Å². The molecule has 0 saturated heterocycles. The number of hydrogen-bond donors (Lipinski definition) is 0. The van der Waals surface area contributed by atoms with Gasteiger partial charge < -0.3 is 9.47 Å². The molecule has 0 aliphatic carbocycles. The van der Waals surface area contributed by atoms with Gasteiger partial charge in [0.05, 0.1) is 12.1 Å². The zero-order valence-corrected chi connectivity index (χ0v) is 16.5. The fourth-order valence-corrected chi connectivity index (χ4v) is 3.22. The van der Waals surface area contributed by atoms with Crippen molar-refractivity contribution in [2.45, 2.75) is 20.5 Å². The van der Waals surface area contributed by atoms with E-state index >= 15 is 0 Å². The number of nitrogens with zero attached hydrogens (tertiary/aromatic N) is 2. The van der Waals surface area contributed by atoms with Gasteiger partial charge in [0.25, 0.3) is 0 Å². The highest BCUT2D eigenvalue weighted by Gasteiger charge is 2.19. The molecular formula is C24H22N2O3. The maximum atomic E-state index is 12.6. The van der Waals surface area contributed by atoms with E-state index in [-0.39, 0.29) is 5.97 Å². The highest BCUT2D eigenvalue weighted by atomic mass is 16.5. The van der Waals surface area contributed by atoms with Crippen LogP contribution < -0.4 is 4.74 Å².